The summed E-state index contributed by atoms with van der Waals surface area (Å²) in [5.41, 5.74) is 5.46. The van der Waals surface area contributed by atoms with Gasteiger partial charge in [0.25, 0.3) is 0 Å². The molecule has 1 nitrogen and oxygen atoms in total. The molecule has 0 aliphatic rings. The highest BCUT2D eigenvalue weighted by Crippen LogP contribution is 2.46. The van der Waals surface area contributed by atoms with Crippen molar-refractivity contribution in [3.05, 3.63) is 143 Å². The zero-order chi connectivity index (χ0) is 27.5. The van der Waals surface area contributed by atoms with Crippen LogP contribution in [0.25, 0.3) is 76.1 Å². The van der Waals surface area contributed by atoms with Crippen molar-refractivity contribution in [1.29, 1.82) is 5.26 Å². The van der Waals surface area contributed by atoms with E-state index in [1.54, 1.807) is 0 Å². The minimum absolute atomic E-state index is 0.668. The summed E-state index contributed by atoms with van der Waals surface area (Å²) in [5, 5.41) is 21.6. The molecular weight excluding hydrogens is 562 g/mol. The first-order valence-electron chi connectivity index (χ1n) is 13.7. The van der Waals surface area contributed by atoms with E-state index in [0.29, 0.717) is 5.56 Å². The zero-order valence-corrected chi connectivity index (χ0v) is 23.6. The van der Waals surface area contributed by atoms with Crippen LogP contribution in [0.4, 0.5) is 0 Å². The predicted molar refractivity (Wildman–Crippen MR) is 177 cm³/mol. The highest BCUT2D eigenvalue weighted by molar-refractivity contribution is 9.10. The summed E-state index contributed by atoms with van der Waals surface area (Å²) in [7, 11) is 0. The number of hydrogen-bond donors (Lipinski definition) is 0. The van der Waals surface area contributed by atoms with E-state index in [1.807, 2.05) is 12.1 Å². The minimum Gasteiger partial charge on any atom is -0.192 e. The van der Waals surface area contributed by atoms with Gasteiger partial charge in [0.1, 0.15) is 0 Å². The Morgan fingerprint density at radius 1 is 0.439 bits per heavy atom. The Morgan fingerprint density at radius 3 is 1.66 bits per heavy atom. The highest BCUT2D eigenvalue weighted by atomic mass is 79.9. The van der Waals surface area contributed by atoms with Gasteiger partial charge in [-0.15, -0.1) is 0 Å². The largest absolute Gasteiger partial charge is 0.192 e. The summed E-state index contributed by atoms with van der Waals surface area (Å²) < 4.78 is 1.14. The van der Waals surface area contributed by atoms with E-state index in [1.165, 1.54) is 70.6 Å². The minimum atomic E-state index is 0.668. The molecule has 0 aliphatic carbocycles. The van der Waals surface area contributed by atoms with Gasteiger partial charge in [0.05, 0.1) is 11.6 Å². The molecule has 41 heavy (non-hydrogen) atoms. The molecular formula is C39H22BrN. The monoisotopic (exact) mass is 583 g/mol. The number of nitrogens with zero attached hydrogens (tertiary/aromatic N) is 1. The number of nitriles is 1. The predicted octanol–water partition coefficient (Wildman–Crippen LogP) is 11.4. The lowest BCUT2D eigenvalue weighted by Gasteiger charge is -2.19. The maximum absolute atomic E-state index is 9.37. The molecule has 0 radical (unpaired) electrons. The lowest BCUT2D eigenvalue weighted by Crippen LogP contribution is -1.92. The van der Waals surface area contributed by atoms with Gasteiger partial charge >= 0.3 is 0 Å². The van der Waals surface area contributed by atoms with Gasteiger partial charge in [-0.1, -0.05) is 115 Å². The molecule has 0 aliphatic heterocycles. The molecule has 0 aromatic heterocycles. The quantitative estimate of drug-likeness (QED) is 0.146. The number of hydrogen-bond acceptors (Lipinski definition) is 1. The number of fused-ring (bicyclic) bond motifs is 6. The van der Waals surface area contributed by atoms with Crippen LogP contribution in [0.2, 0.25) is 0 Å². The van der Waals surface area contributed by atoms with Crippen molar-refractivity contribution in [3.63, 3.8) is 0 Å². The molecule has 0 amide bonds. The average Bonchev–Trinajstić information content (AvgIpc) is 3.03. The molecule has 0 fully saturated rings. The third-order valence-electron chi connectivity index (χ3n) is 8.34. The molecule has 0 unspecified atom stereocenters. The summed E-state index contributed by atoms with van der Waals surface area (Å²) >= 11 is 3.92. The summed E-state index contributed by atoms with van der Waals surface area (Å²) in [6.45, 7) is 0. The molecule has 0 bridgehead atoms. The molecule has 0 spiro atoms. The average molecular weight is 585 g/mol. The van der Waals surface area contributed by atoms with Crippen molar-refractivity contribution in [2.24, 2.45) is 0 Å². The van der Waals surface area contributed by atoms with Gasteiger partial charge in [-0.3, -0.25) is 0 Å². The number of benzene rings is 8. The molecule has 8 aromatic rings. The molecule has 0 saturated heterocycles. The molecule has 2 heteroatoms. The van der Waals surface area contributed by atoms with Crippen LogP contribution in [-0.2, 0) is 0 Å². The van der Waals surface area contributed by atoms with Crippen LogP contribution in [0.15, 0.2) is 138 Å². The topological polar surface area (TPSA) is 23.8 Å². The van der Waals surface area contributed by atoms with E-state index in [-0.39, 0.29) is 0 Å². The first-order valence-corrected chi connectivity index (χ1v) is 14.5. The van der Waals surface area contributed by atoms with Crippen LogP contribution in [0.1, 0.15) is 5.56 Å². The Balaban J connectivity index is 1.50. The Bertz CT molecular complexity index is 2320. The Morgan fingerprint density at radius 2 is 1.00 bits per heavy atom. The van der Waals surface area contributed by atoms with Crippen LogP contribution >= 0.6 is 15.9 Å². The van der Waals surface area contributed by atoms with Crippen LogP contribution in [0, 0.1) is 11.3 Å². The van der Waals surface area contributed by atoms with Crippen molar-refractivity contribution in [1.82, 2.24) is 0 Å². The van der Waals surface area contributed by atoms with Crippen molar-refractivity contribution >= 4 is 69.8 Å². The molecule has 0 saturated carbocycles. The normalized spacial score (nSPS) is 11.5. The van der Waals surface area contributed by atoms with Crippen LogP contribution in [0.3, 0.4) is 0 Å². The second-order valence-corrected chi connectivity index (χ2v) is 11.3. The van der Waals surface area contributed by atoms with E-state index in [4.69, 9.17) is 0 Å². The van der Waals surface area contributed by atoms with Crippen molar-refractivity contribution in [2.75, 3.05) is 0 Å². The molecule has 8 rings (SSSR count). The Kier molecular flexibility index (Phi) is 5.42. The summed E-state index contributed by atoms with van der Waals surface area (Å²) in [4.78, 5) is 0. The Labute approximate surface area is 246 Å². The molecule has 190 valence electrons. The van der Waals surface area contributed by atoms with Gasteiger partial charge in [0.15, 0.2) is 0 Å². The fourth-order valence-electron chi connectivity index (χ4n) is 6.51. The third-order valence-corrected chi connectivity index (χ3v) is 9.19. The molecule has 8 aromatic carbocycles. The lowest BCUT2D eigenvalue weighted by molar-refractivity contribution is 1.49. The first kappa shape index (κ1) is 23.9. The Hall–Kier alpha value is -4.97. The van der Waals surface area contributed by atoms with Gasteiger partial charge < -0.3 is 0 Å². The van der Waals surface area contributed by atoms with E-state index in [0.717, 1.165) is 10.0 Å². The number of rotatable bonds is 2. The van der Waals surface area contributed by atoms with E-state index in [9.17, 15) is 5.26 Å². The third kappa shape index (κ3) is 3.60. The smallest absolute Gasteiger partial charge is 0.0991 e. The molecule has 0 atom stereocenters. The summed E-state index contributed by atoms with van der Waals surface area (Å²) in [6.07, 6.45) is 0. The zero-order valence-electron chi connectivity index (χ0n) is 22.0. The van der Waals surface area contributed by atoms with Gasteiger partial charge in [-0.05, 0) is 110 Å². The number of halogens is 1. The first-order chi connectivity index (χ1) is 20.2. The van der Waals surface area contributed by atoms with Crippen LogP contribution < -0.4 is 0 Å². The standard InChI is InChI=1S/C39H22BrN/c40-39-27-9-2-1-8-26(27)22-36-28-14-7-15-30(29(28)20-21-35(36)39)38-33-12-5-3-10-31(33)37(32-11-4-6-13-34(32)38)25-18-16-24(23-41)17-19-25/h1-22H. The molecule has 0 heterocycles. The second-order valence-electron chi connectivity index (χ2n) is 10.5. The molecule has 0 N–H and O–H groups in total. The SMILES string of the molecule is N#Cc1ccc(-c2c3ccccc3c(-c3cccc4c3ccc3c(Br)c5ccccc5cc34)c3ccccc23)cc1. The summed E-state index contributed by atoms with van der Waals surface area (Å²) in [5.74, 6) is 0. The van der Waals surface area contributed by atoms with Gasteiger partial charge in [0, 0.05) is 4.47 Å². The van der Waals surface area contributed by atoms with Gasteiger partial charge in [0.2, 0.25) is 0 Å². The van der Waals surface area contributed by atoms with E-state index in [2.05, 4.69) is 143 Å². The van der Waals surface area contributed by atoms with E-state index >= 15 is 0 Å². The second kappa shape index (κ2) is 9.30. The van der Waals surface area contributed by atoms with Crippen LogP contribution in [-0.4, -0.2) is 0 Å². The van der Waals surface area contributed by atoms with Crippen molar-refractivity contribution in [2.45, 2.75) is 0 Å². The van der Waals surface area contributed by atoms with E-state index < -0.39 is 0 Å². The fourth-order valence-corrected chi connectivity index (χ4v) is 7.22. The maximum atomic E-state index is 9.37. The van der Waals surface area contributed by atoms with Crippen LogP contribution in [0.5, 0.6) is 0 Å². The van der Waals surface area contributed by atoms with Crippen molar-refractivity contribution < 1.29 is 0 Å². The summed E-state index contributed by atoms with van der Waals surface area (Å²) in [6, 6.07) is 49.8. The maximum Gasteiger partial charge on any atom is 0.0991 e. The highest BCUT2D eigenvalue weighted by Gasteiger charge is 2.18. The van der Waals surface area contributed by atoms with Crippen molar-refractivity contribution in [3.8, 4) is 28.3 Å². The van der Waals surface area contributed by atoms with Gasteiger partial charge in [-0.2, -0.15) is 5.26 Å². The fraction of sp³-hybridized carbons (Fsp3) is 0. The van der Waals surface area contributed by atoms with Gasteiger partial charge in [-0.25, -0.2) is 0 Å². The lowest BCUT2D eigenvalue weighted by atomic mass is 9.84.